The molecule has 0 bridgehead atoms. The van der Waals surface area contributed by atoms with Crippen LogP contribution in [0.2, 0.25) is 0 Å². The Kier molecular flexibility index (Phi) is 3.62. The number of nitrogens with one attached hydrogen (secondary N) is 1. The van der Waals surface area contributed by atoms with E-state index in [0.717, 1.165) is 18.0 Å². The van der Waals surface area contributed by atoms with Crippen LogP contribution in [0.5, 0.6) is 11.5 Å². The molecular weight excluding hydrogens is 218 g/mol. The van der Waals surface area contributed by atoms with Gasteiger partial charge in [0, 0.05) is 6.54 Å². The minimum absolute atomic E-state index is 0.242. The van der Waals surface area contributed by atoms with Crippen molar-refractivity contribution in [2.45, 2.75) is 0 Å². The highest BCUT2D eigenvalue weighted by Crippen LogP contribution is 2.16. The predicted octanol–water partition coefficient (Wildman–Crippen LogP) is 1.18. The van der Waals surface area contributed by atoms with Gasteiger partial charge in [0.05, 0.1) is 18.1 Å². The summed E-state index contributed by atoms with van der Waals surface area (Å²) in [6.45, 7) is 1.40. The Morgan fingerprint density at radius 3 is 2.82 bits per heavy atom. The number of aromatic nitrogens is 2. The maximum atomic E-state index is 9.19. The average Bonchev–Trinajstić information content (AvgIpc) is 2.79. The Balaban J connectivity index is 2.04. The summed E-state index contributed by atoms with van der Waals surface area (Å²) in [6, 6.07) is 6.83. The predicted molar refractivity (Wildman–Crippen MR) is 64.7 cm³/mol. The molecule has 0 radical (unpaired) electrons. The Morgan fingerprint density at radius 2 is 2.12 bits per heavy atom. The zero-order valence-corrected chi connectivity index (χ0v) is 9.63. The van der Waals surface area contributed by atoms with Crippen LogP contribution >= 0.6 is 0 Å². The molecule has 2 N–H and O–H groups in total. The summed E-state index contributed by atoms with van der Waals surface area (Å²) in [6.07, 6.45) is 3.48. The third-order valence-electron chi connectivity index (χ3n) is 2.29. The third-order valence-corrected chi connectivity index (χ3v) is 2.29. The van der Waals surface area contributed by atoms with Gasteiger partial charge in [0.25, 0.3) is 0 Å². The summed E-state index contributed by atoms with van der Waals surface area (Å²) in [5.41, 5.74) is 0.881. The largest absolute Gasteiger partial charge is 0.508 e. The van der Waals surface area contributed by atoms with E-state index in [1.54, 1.807) is 35.1 Å². The Hall–Kier alpha value is -2.01. The molecule has 5 nitrogen and oxygen atoms in total. The van der Waals surface area contributed by atoms with Crippen molar-refractivity contribution < 1.29 is 9.84 Å². The summed E-state index contributed by atoms with van der Waals surface area (Å²) < 4.78 is 7.18. The first kappa shape index (κ1) is 11.5. The normalized spacial score (nSPS) is 10.4. The number of hydrogen-bond donors (Lipinski definition) is 2. The van der Waals surface area contributed by atoms with E-state index in [-0.39, 0.29) is 5.75 Å². The average molecular weight is 233 g/mol. The van der Waals surface area contributed by atoms with E-state index in [1.807, 2.05) is 13.2 Å². The number of ether oxygens (including phenoxy) is 1. The second kappa shape index (κ2) is 5.36. The van der Waals surface area contributed by atoms with Gasteiger partial charge in [0.1, 0.15) is 12.4 Å². The molecule has 0 fully saturated rings. The Labute approximate surface area is 99.6 Å². The fourth-order valence-corrected chi connectivity index (χ4v) is 1.40. The fourth-order valence-electron chi connectivity index (χ4n) is 1.40. The molecule has 0 amide bonds. The lowest BCUT2D eigenvalue weighted by molar-refractivity contribution is 0.318. The number of likely N-dealkylation sites (N-methyl/N-ethyl adjacent to an activating group) is 1. The zero-order chi connectivity index (χ0) is 12.1. The summed E-state index contributed by atoms with van der Waals surface area (Å²) in [7, 11) is 1.88. The quantitative estimate of drug-likeness (QED) is 0.761. The molecule has 90 valence electrons. The number of phenolic OH excluding ortho intramolecular Hbond substituents is 1. The lowest BCUT2D eigenvalue weighted by Gasteiger charge is -2.02. The van der Waals surface area contributed by atoms with Crippen LogP contribution in [0.15, 0.2) is 36.7 Å². The highest BCUT2D eigenvalue weighted by molar-refractivity contribution is 5.37. The van der Waals surface area contributed by atoms with Gasteiger partial charge >= 0.3 is 0 Å². The minimum atomic E-state index is 0.242. The Morgan fingerprint density at radius 1 is 1.35 bits per heavy atom. The first-order valence-electron chi connectivity index (χ1n) is 5.41. The van der Waals surface area contributed by atoms with Gasteiger partial charge in [-0.25, -0.2) is 4.68 Å². The maximum absolute atomic E-state index is 9.19. The van der Waals surface area contributed by atoms with Crippen LogP contribution in [0.4, 0.5) is 0 Å². The monoisotopic (exact) mass is 233 g/mol. The number of benzene rings is 1. The lowest BCUT2D eigenvalue weighted by atomic mass is 10.3. The van der Waals surface area contributed by atoms with Crippen LogP contribution in [0.3, 0.4) is 0 Å². The molecule has 2 aromatic rings. The first-order valence-corrected chi connectivity index (χ1v) is 5.41. The molecule has 1 aromatic heterocycles. The van der Waals surface area contributed by atoms with E-state index >= 15 is 0 Å². The van der Waals surface area contributed by atoms with Gasteiger partial charge in [-0.3, -0.25) is 0 Å². The highest BCUT2D eigenvalue weighted by atomic mass is 16.5. The minimum Gasteiger partial charge on any atom is -0.508 e. The Bertz CT molecular complexity index is 465. The molecule has 17 heavy (non-hydrogen) atoms. The van der Waals surface area contributed by atoms with Crippen LogP contribution in [0.25, 0.3) is 5.69 Å². The second-order valence-electron chi connectivity index (χ2n) is 3.59. The van der Waals surface area contributed by atoms with E-state index in [9.17, 15) is 5.11 Å². The fraction of sp³-hybridized carbons (Fsp3) is 0.250. The van der Waals surface area contributed by atoms with Gasteiger partial charge in [-0.2, -0.15) is 5.10 Å². The zero-order valence-electron chi connectivity index (χ0n) is 9.63. The number of aromatic hydroxyl groups is 1. The van der Waals surface area contributed by atoms with Crippen LogP contribution in [0.1, 0.15) is 0 Å². The van der Waals surface area contributed by atoms with Gasteiger partial charge in [-0.05, 0) is 31.3 Å². The van der Waals surface area contributed by atoms with Crippen molar-refractivity contribution in [1.29, 1.82) is 0 Å². The van der Waals surface area contributed by atoms with E-state index in [2.05, 4.69) is 10.4 Å². The van der Waals surface area contributed by atoms with Gasteiger partial charge in [-0.15, -0.1) is 0 Å². The van der Waals surface area contributed by atoms with Crippen molar-refractivity contribution in [3.8, 4) is 17.2 Å². The third kappa shape index (κ3) is 2.98. The van der Waals surface area contributed by atoms with Crippen LogP contribution in [0, 0.1) is 0 Å². The van der Waals surface area contributed by atoms with Crippen molar-refractivity contribution in [3.05, 3.63) is 36.7 Å². The first-order chi connectivity index (χ1) is 8.29. The van der Waals surface area contributed by atoms with Crippen molar-refractivity contribution in [3.63, 3.8) is 0 Å². The van der Waals surface area contributed by atoms with Crippen molar-refractivity contribution >= 4 is 0 Å². The molecule has 0 spiro atoms. The van der Waals surface area contributed by atoms with Crippen LogP contribution in [-0.4, -0.2) is 35.1 Å². The maximum Gasteiger partial charge on any atom is 0.157 e. The SMILES string of the molecule is CNCCOc1cnn(-c2ccc(O)cc2)c1. The summed E-state index contributed by atoms with van der Waals surface area (Å²) in [4.78, 5) is 0. The number of phenols is 1. The van der Waals surface area contributed by atoms with Crippen molar-refractivity contribution in [1.82, 2.24) is 15.1 Å². The molecule has 0 aliphatic carbocycles. The summed E-state index contributed by atoms with van der Waals surface area (Å²) in [5.74, 6) is 0.972. The molecule has 0 aliphatic rings. The molecule has 5 heteroatoms. The van der Waals surface area contributed by atoms with Crippen LogP contribution < -0.4 is 10.1 Å². The van der Waals surface area contributed by atoms with Gasteiger partial charge in [0.15, 0.2) is 5.75 Å². The van der Waals surface area contributed by atoms with Gasteiger partial charge in [-0.1, -0.05) is 0 Å². The molecular formula is C12H15N3O2. The van der Waals surface area contributed by atoms with Gasteiger partial charge in [0.2, 0.25) is 0 Å². The van der Waals surface area contributed by atoms with E-state index in [0.29, 0.717) is 6.61 Å². The molecule has 0 atom stereocenters. The van der Waals surface area contributed by atoms with Crippen LogP contribution in [-0.2, 0) is 0 Å². The molecule has 0 aliphatic heterocycles. The molecule has 2 rings (SSSR count). The molecule has 0 saturated carbocycles. The molecule has 0 unspecified atom stereocenters. The number of rotatable bonds is 5. The standard InChI is InChI=1S/C12H15N3O2/c1-13-6-7-17-12-8-14-15(9-12)10-2-4-11(16)5-3-10/h2-5,8-9,13,16H,6-7H2,1H3. The summed E-state index contributed by atoms with van der Waals surface area (Å²) in [5, 5.41) is 16.4. The molecule has 1 heterocycles. The summed E-state index contributed by atoms with van der Waals surface area (Å²) >= 11 is 0. The highest BCUT2D eigenvalue weighted by Gasteiger charge is 2.01. The smallest absolute Gasteiger partial charge is 0.157 e. The number of hydrogen-bond acceptors (Lipinski definition) is 4. The van der Waals surface area contributed by atoms with Crippen molar-refractivity contribution in [2.75, 3.05) is 20.2 Å². The topological polar surface area (TPSA) is 59.3 Å². The van der Waals surface area contributed by atoms with Crippen molar-refractivity contribution in [2.24, 2.45) is 0 Å². The molecule has 0 saturated heterocycles. The lowest BCUT2D eigenvalue weighted by Crippen LogP contribution is -2.15. The van der Waals surface area contributed by atoms with E-state index < -0.39 is 0 Å². The molecule has 1 aromatic carbocycles. The second-order valence-corrected chi connectivity index (χ2v) is 3.59. The van der Waals surface area contributed by atoms with Gasteiger partial charge < -0.3 is 15.2 Å². The number of nitrogens with zero attached hydrogens (tertiary/aromatic N) is 2. The van der Waals surface area contributed by atoms with E-state index in [4.69, 9.17) is 4.74 Å². The van der Waals surface area contributed by atoms with E-state index in [1.165, 1.54) is 0 Å².